The summed E-state index contributed by atoms with van der Waals surface area (Å²) in [4.78, 5) is 39.9. The topological polar surface area (TPSA) is 98.7 Å². The first kappa shape index (κ1) is 30.6. The number of carbonyl (C=O) groups is 2. The van der Waals surface area contributed by atoms with E-state index in [-0.39, 0.29) is 11.8 Å². The molecular weight excluding hydrogens is 570 g/mol. The summed E-state index contributed by atoms with van der Waals surface area (Å²) in [5.74, 6) is 3.08. The molecule has 0 spiro atoms. The molecule has 0 radical (unpaired) electrons. The number of aromatic nitrogens is 2. The van der Waals surface area contributed by atoms with Gasteiger partial charge in [-0.1, -0.05) is 18.2 Å². The Balaban J connectivity index is 1.16. The van der Waals surface area contributed by atoms with Crippen LogP contribution in [0.5, 0.6) is 0 Å². The minimum Gasteiger partial charge on any atom is -0.465 e. The molecule has 0 aliphatic heterocycles. The summed E-state index contributed by atoms with van der Waals surface area (Å²) in [5, 5.41) is 12.8. The van der Waals surface area contributed by atoms with Gasteiger partial charge in [-0.2, -0.15) is 0 Å². The van der Waals surface area contributed by atoms with Gasteiger partial charge in [0.15, 0.2) is 0 Å². The summed E-state index contributed by atoms with van der Waals surface area (Å²) in [6.45, 7) is 1.21. The summed E-state index contributed by atoms with van der Waals surface area (Å²) in [5.41, 5.74) is 3.43. The molecule has 44 heavy (non-hydrogen) atoms. The molecular formula is C35H45N5O3S. The van der Waals surface area contributed by atoms with Gasteiger partial charge in [-0.25, -0.2) is 14.8 Å². The average molecular weight is 616 g/mol. The van der Waals surface area contributed by atoms with E-state index in [1.807, 2.05) is 31.4 Å². The zero-order valence-corrected chi connectivity index (χ0v) is 26.8. The Hall–Kier alpha value is -3.46. The minimum absolute atomic E-state index is 0.0257. The summed E-state index contributed by atoms with van der Waals surface area (Å²) in [7, 11) is 4.03. The molecule has 2 heterocycles. The zero-order valence-electron chi connectivity index (χ0n) is 26.0. The van der Waals surface area contributed by atoms with Crippen molar-refractivity contribution in [2.24, 2.45) is 17.8 Å². The number of carboxylic acid groups (broad SMARTS) is 1. The first-order chi connectivity index (χ1) is 21.3. The molecule has 2 amide bonds. The highest BCUT2D eigenvalue weighted by atomic mass is 32.1. The normalized spacial score (nSPS) is 23.6. The fraction of sp³-hybridized carbons (Fsp3) is 0.543. The van der Waals surface area contributed by atoms with Crippen molar-refractivity contribution < 1.29 is 14.7 Å². The Kier molecular flexibility index (Phi) is 9.50. The van der Waals surface area contributed by atoms with E-state index in [2.05, 4.69) is 51.6 Å². The number of thiazole rings is 1. The highest BCUT2D eigenvalue weighted by Crippen LogP contribution is 2.44. The molecule has 3 aromatic rings. The number of carbonyl (C=O) groups excluding carboxylic acids is 1. The van der Waals surface area contributed by atoms with Crippen LogP contribution >= 0.6 is 11.3 Å². The number of hydrogen-bond donors (Lipinski definition) is 2. The molecule has 9 heteroatoms. The van der Waals surface area contributed by atoms with Crippen molar-refractivity contribution in [2.75, 3.05) is 37.0 Å². The number of pyridine rings is 1. The van der Waals surface area contributed by atoms with Gasteiger partial charge in [0.2, 0.25) is 5.91 Å². The highest BCUT2D eigenvalue weighted by molar-refractivity contribution is 7.15. The lowest BCUT2D eigenvalue weighted by Crippen LogP contribution is -2.42. The van der Waals surface area contributed by atoms with Crippen molar-refractivity contribution in [2.45, 2.75) is 76.0 Å². The number of nitrogens with one attached hydrogen (secondary N) is 1. The van der Waals surface area contributed by atoms with E-state index in [0.29, 0.717) is 30.2 Å². The van der Waals surface area contributed by atoms with Crippen LogP contribution in [0.15, 0.2) is 48.8 Å². The van der Waals surface area contributed by atoms with E-state index >= 15 is 0 Å². The van der Waals surface area contributed by atoms with Crippen LogP contribution < -0.4 is 15.1 Å². The SMILES string of the molecule is CN(C)c1ccc(C2CCC(CN(C(=O)C3CCC(CNC(=O)O)CC3)c3cccc(-c4cnc(C5CC5)s4)c3)CC2)cn1. The van der Waals surface area contributed by atoms with Gasteiger partial charge in [-0.15, -0.1) is 11.3 Å². The standard InChI is InChI=1S/C35H45N5O3S/c1-39(2)32-17-16-29(20-36-32)25-10-8-24(9-11-25)22-40(34(41)27-12-6-23(7-13-27)19-38-35(42)43)30-5-3-4-28(18-30)31-21-37-33(44-31)26-14-15-26/h3-5,16-18,20-21,23-27,38H,6-15,19,22H2,1-2H3,(H,42,43). The molecule has 234 valence electrons. The van der Waals surface area contributed by atoms with Gasteiger partial charge in [-0.05, 0) is 111 Å². The van der Waals surface area contributed by atoms with Gasteiger partial charge in [0.1, 0.15) is 5.82 Å². The number of benzene rings is 1. The molecule has 1 aromatic carbocycles. The Morgan fingerprint density at radius 1 is 0.886 bits per heavy atom. The summed E-state index contributed by atoms with van der Waals surface area (Å²) in [6, 6.07) is 12.8. The first-order valence-electron chi connectivity index (χ1n) is 16.3. The number of rotatable bonds is 10. The monoisotopic (exact) mass is 615 g/mol. The van der Waals surface area contributed by atoms with Crippen molar-refractivity contribution in [1.29, 1.82) is 0 Å². The van der Waals surface area contributed by atoms with Crippen molar-refractivity contribution >= 4 is 34.8 Å². The van der Waals surface area contributed by atoms with Crippen molar-refractivity contribution in [3.8, 4) is 10.4 Å². The van der Waals surface area contributed by atoms with Gasteiger partial charge in [0.25, 0.3) is 0 Å². The molecule has 2 N–H and O–H groups in total. The van der Waals surface area contributed by atoms with Crippen molar-refractivity contribution in [1.82, 2.24) is 15.3 Å². The quantitative estimate of drug-likeness (QED) is 0.245. The average Bonchev–Trinajstić information content (AvgIpc) is 3.78. The van der Waals surface area contributed by atoms with E-state index < -0.39 is 6.09 Å². The van der Waals surface area contributed by atoms with E-state index in [9.17, 15) is 9.59 Å². The maximum absolute atomic E-state index is 14.3. The van der Waals surface area contributed by atoms with Crippen LogP contribution in [0.1, 0.15) is 86.6 Å². The molecule has 3 aliphatic carbocycles. The predicted molar refractivity (Wildman–Crippen MR) is 177 cm³/mol. The lowest BCUT2D eigenvalue weighted by molar-refractivity contribution is -0.123. The molecule has 3 fully saturated rings. The number of amides is 2. The Morgan fingerprint density at radius 2 is 1.61 bits per heavy atom. The maximum atomic E-state index is 14.3. The molecule has 0 atom stereocenters. The molecule has 8 nitrogen and oxygen atoms in total. The third-order valence-corrected chi connectivity index (χ3v) is 11.1. The van der Waals surface area contributed by atoms with Gasteiger partial charge >= 0.3 is 6.09 Å². The molecule has 3 saturated carbocycles. The van der Waals surface area contributed by atoms with Crippen LogP contribution in [0.4, 0.5) is 16.3 Å². The third kappa shape index (κ3) is 7.42. The molecule has 3 aliphatic rings. The van der Waals surface area contributed by atoms with Gasteiger partial charge in [0.05, 0.1) is 9.88 Å². The first-order valence-corrected chi connectivity index (χ1v) is 17.1. The van der Waals surface area contributed by atoms with Gasteiger partial charge < -0.3 is 20.2 Å². The smallest absolute Gasteiger partial charge is 0.404 e. The highest BCUT2D eigenvalue weighted by Gasteiger charge is 2.33. The number of hydrogen-bond acceptors (Lipinski definition) is 6. The van der Waals surface area contributed by atoms with Crippen LogP contribution in [0.3, 0.4) is 0 Å². The third-order valence-electron chi connectivity index (χ3n) is 9.88. The minimum atomic E-state index is -0.976. The van der Waals surface area contributed by atoms with E-state index in [1.165, 1.54) is 28.3 Å². The second-order valence-corrected chi connectivity index (χ2v) is 14.4. The molecule has 0 unspecified atom stereocenters. The molecule has 6 rings (SSSR count). The second kappa shape index (κ2) is 13.7. The molecule has 0 saturated heterocycles. The summed E-state index contributed by atoms with van der Waals surface area (Å²) >= 11 is 1.79. The molecule has 2 aromatic heterocycles. The van der Waals surface area contributed by atoms with Gasteiger partial charge in [-0.3, -0.25) is 4.79 Å². The van der Waals surface area contributed by atoms with Crippen LogP contribution in [0, 0.1) is 17.8 Å². The maximum Gasteiger partial charge on any atom is 0.404 e. The van der Waals surface area contributed by atoms with Crippen LogP contribution in [-0.2, 0) is 4.79 Å². The number of nitrogens with zero attached hydrogens (tertiary/aromatic N) is 4. The van der Waals surface area contributed by atoms with Crippen LogP contribution in [-0.4, -0.2) is 54.3 Å². The Bertz CT molecular complexity index is 1420. The number of anilines is 2. The zero-order chi connectivity index (χ0) is 30.6. The van der Waals surface area contributed by atoms with Crippen LogP contribution in [0.25, 0.3) is 10.4 Å². The van der Waals surface area contributed by atoms with Crippen molar-refractivity contribution in [3.63, 3.8) is 0 Å². The van der Waals surface area contributed by atoms with E-state index in [4.69, 9.17) is 10.1 Å². The van der Waals surface area contributed by atoms with E-state index in [0.717, 1.165) is 75.0 Å². The van der Waals surface area contributed by atoms with Crippen molar-refractivity contribution in [3.05, 3.63) is 59.4 Å². The largest absolute Gasteiger partial charge is 0.465 e. The summed E-state index contributed by atoms with van der Waals surface area (Å²) in [6.07, 6.45) is 13.3. The lowest BCUT2D eigenvalue weighted by Gasteiger charge is -2.36. The fourth-order valence-corrected chi connectivity index (χ4v) is 8.08. The fourth-order valence-electron chi connectivity index (χ4n) is 7.00. The Morgan fingerprint density at radius 3 is 2.27 bits per heavy atom. The van der Waals surface area contributed by atoms with Gasteiger partial charge in [0, 0.05) is 57.1 Å². The second-order valence-electron chi connectivity index (χ2n) is 13.3. The lowest BCUT2D eigenvalue weighted by atomic mass is 9.78. The van der Waals surface area contributed by atoms with Crippen LogP contribution in [0.2, 0.25) is 0 Å². The Labute approximate surface area is 264 Å². The van der Waals surface area contributed by atoms with E-state index in [1.54, 1.807) is 11.3 Å². The molecule has 0 bridgehead atoms. The summed E-state index contributed by atoms with van der Waals surface area (Å²) < 4.78 is 0. The predicted octanol–water partition coefficient (Wildman–Crippen LogP) is 7.53.